The van der Waals surface area contributed by atoms with E-state index in [4.69, 9.17) is 19.4 Å². The van der Waals surface area contributed by atoms with Gasteiger partial charge in [0, 0.05) is 18.1 Å². The average molecular weight is 320 g/mol. The van der Waals surface area contributed by atoms with Gasteiger partial charge in [-0.3, -0.25) is 4.79 Å². The minimum atomic E-state index is -0.665. The second kappa shape index (κ2) is 8.59. The molecule has 1 saturated heterocycles. The molecule has 3 nitrogen and oxygen atoms in total. The predicted molar refractivity (Wildman–Crippen MR) is 90.6 cm³/mol. The largest absolute Gasteiger partial charge is 0.481 e. The van der Waals surface area contributed by atoms with E-state index in [1.165, 1.54) is 5.56 Å². The lowest BCUT2D eigenvalue weighted by Gasteiger charge is -2.15. The molecule has 0 unspecified atom stereocenters. The van der Waals surface area contributed by atoms with Crippen LogP contribution in [0.15, 0.2) is 24.3 Å². The van der Waals surface area contributed by atoms with Gasteiger partial charge in [-0.15, -0.1) is 0 Å². The van der Waals surface area contributed by atoms with Crippen molar-refractivity contribution in [2.24, 2.45) is 11.8 Å². The van der Waals surface area contributed by atoms with Gasteiger partial charge in [-0.05, 0) is 49.4 Å². The van der Waals surface area contributed by atoms with Crippen molar-refractivity contribution in [1.29, 1.82) is 0 Å². The number of likely N-dealkylation sites (tertiary alicyclic amines) is 1. The summed E-state index contributed by atoms with van der Waals surface area (Å²) in [7, 11) is 5.55. The number of rotatable bonds is 8. The molecule has 0 spiro atoms. The molecule has 2 atom stereocenters. The standard InChI is InChI=1S/C17H23BClNO2/c18-9-1-4-14-11-20(12-16(14)17(21)22)10-2-3-13-5-7-15(19)8-6-13/h5-8,14,16H,1-4,9-12H2,(H,21,22)/t14-,16+/m0/s1. The first-order chi connectivity index (χ1) is 10.6. The van der Waals surface area contributed by atoms with Crippen molar-refractivity contribution >= 4 is 25.4 Å². The number of carboxylic acids is 1. The van der Waals surface area contributed by atoms with Gasteiger partial charge in [0.2, 0.25) is 0 Å². The molecule has 0 amide bonds. The molecule has 5 heteroatoms. The summed E-state index contributed by atoms with van der Waals surface area (Å²) >= 11 is 5.88. The van der Waals surface area contributed by atoms with Crippen molar-refractivity contribution in [3.8, 4) is 0 Å². The van der Waals surface area contributed by atoms with Gasteiger partial charge in [-0.2, -0.15) is 0 Å². The van der Waals surface area contributed by atoms with Gasteiger partial charge in [0.25, 0.3) is 0 Å². The van der Waals surface area contributed by atoms with E-state index in [0.717, 1.165) is 43.8 Å². The SMILES string of the molecule is [B]CCC[C@H]1CN(CCCc2ccc(Cl)cc2)C[C@H]1C(=O)O. The molecular formula is C17H23BClNO2. The molecule has 1 fully saturated rings. The molecular weight excluding hydrogens is 296 g/mol. The smallest absolute Gasteiger partial charge is 0.308 e. The van der Waals surface area contributed by atoms with Crippen molar-refractivity contribution in [2.45, 2.75) is 32.0 Å². The van der Waals surface area contributed by atoms with Crippen LogP contribution in [0.1, 0.15) is 24.8 Å². The third-order valence-corrected chi connectivity index (χ3v) is 4.72. The third kappa shape index (κ3) is 5.03. The van der Waals surface area contributed by atoms with Crippen molar-refractivity contribution < 1.29 is 9.90 Å². The molecule has 0 bridgehead atoms. The topological polar surface area (TPSA) is 40.5 Å². The van der Waals surface area contributed by atoms with Crippen LogP contribution in [0.25, 0.3) is 0 Å². The molecule has 2 rings (SSSR count). The summed E-state index contributed by atoms with van der Waals surface area (Å²) in [6.07, 6.45) is 4.50. The predicted octanol–water partition coefficient (Wildman–Crippen LogP) is 3.27. The Bertz CT molecular complexity index is 480. The highest BCUT2D eigenvalue weighted by Crippen LogP contribution is 2.28. The van der Waals surface area contributed by atoms with Crippen LogP contribution in [-0.2, 0) is 11.2 Å². The van der Waals surface area contributed by atoms with Crippen molar-refractivity contribution in [1.82, 2.24) is 4.90 Å². The van der Waals surface area contributed by atoms with Gasteiger partial charge in [-0.1, -0.05) is 36.5 Å². The molecule has 118 valence electrons. The zero-order valence-electron chi connectivity index (χ0n) is 12.9. The second-order valence-electron chi connectivity index (χ2n) is 6.13. The van der Waals surface area contributed by atoms with Gasteiger partial charge in [0.1, 0.15) is 0 Å². The number of halogens is 1. The maximum absolute atomic E-state index is 11.4. The Morgan fingerprint density at radius 1 is 1.27 bits per heavy atom. The fraction of sp³-hybridized carbons (Fsp3) is 0.588. The quantitative estimate of drug-likeness (QED) is 0.748. The number of benzene rings is 1. The van der Waals surface area contributed by atoms with E-state index in [-0.39, 0.29) is 11.8 Å². The fourth-order valence-corrected chi connectivity index (χ4v) is 3.38. The van der Waals surface area contributed by atoms with Gasteiger partial charge in [-0.25, -0.2) is 0 Å². The van der Waals surface area contributed by atoms with Gasteiger partial charge in [0.05, 0.1) is 13.8 Å². The summed E-state index contributed by atoms with van der Waals surface area (Å²) in [4.78, 5) is 13.7. The fourth-order valence-electron chi connectivity index (χ4n) is 3.25. The Morgan fingerprint density at radius 2 is 2.00 bits per heavy atom. The molecule has 0 aliphatic carbocycles. The van der Waals surface area contributed by atoms with Crippen molar-refractivity contribution in [3.63, 3.8) is 0 Å². The first kappa shape index (κ1) is 17.4. The first-order valence-corrected chi connectivity index (χ1v) is 8.37. The summed E-state index contributed by atoms with van der Waals surface area (Å²) in [6.45, 7) is 2.51. The maximum Gasteiger partial charge on any atom is 0.308 e. The first-order valence-electron chi connectivity index (χ1n) is 8.00. The summed E-state index contributed by atoms with van der Waals surface area (Å²) in [5.41, 5.74) is 1.28. The van der Waals surface area contributed by atoms with Gasteiger partial charge >= 0.3 is 5.97 Å². The molecule has 0 aromatic heterocycles. The monoisotopic (exact) mass is 319 g/mol. The lowest BCUT2D eigenvalue weighted by Crippen LogP contribution is -2.24. The molecule has 1 aliphatic rings. The Hall–Kier alpha value is -0.995. The van der Waals surface area contributed by atoms with E-state index in [1.54, 1.807) is 0 Å². The van der Waals surface area contributed by atoms with E-state index < -0.39 is 5.97 Å². The maximum atomic E-state index is 11.4. The van der Waals surface area contributed by atoms with Crippen LogP contribution in [-0.4, -0.2) is 43.5 Å². The molecule has 1 heterocycles. The van der Waals surface area contributed by atoms with Crippen LogP contribution < -0.4 is 0 Å². The zero-order valence-corrected chi connectivity index (χ0v) is 13.6. The number of aliphatic carboxylic acids is 1. The van der Waals surface area contributed by atoms with Gasteiger partial charge in [0.15, 0.2) is 0 Å². The van der Waals surface area contributed by atoms with E-state index in [0.29, 0.717) is 12.9 Å². The number of carboxylic acid groups (broad SMARTS) is 1. The highest BCUT2D eigenvalue weighted by molar-refractivity contribution is 6.30. The average Bonchev–Trinajstić information content (AvgIpc) is 2.90. The minimum absolute atomic E-state index is 0.234. The molecule has 1 aliphatic heterocycles. The lowest BCUT2D eigenvalue weighted by molar-refractivity contribution is -0.142. The van der Waals surface area contributed by atoms with E-state index in [1.807, 2.05) is 12.1 Å². The Kier molecular flexibility index (Phi) is 6.78. The summed E-state index contributed by atoms with van der Waals surface area (Å²) in [5, 5.41) is 10.1. The summed E-state index contributed by atoms with van der Waals surface area (Å²) in [6, 6.07) is 7.93. The van der Waals surface area contributed by atoms with E-state index in [9.17, 15) is 9.90 Å². The number of nitrogens with zero attached hydrogens (tertiary/aromatic N) is 1. The van der Waals surface area contributed by atoms with Crippen LogP contribution in [0.5, 0.6) is 0 Å². The van der Waals surface area contributed by atoms with Crippen molar-refractivity contribution in [2.75, 3.05) is 19.6 Å². The van der Waals surface area contributed by atoms with E-state index >= 15 is 0 Å². The highest BCUT2D eigenvalue weighted by Gasteiger charge is 2.36. The highest BCUT2D eigenvalue weighted by atomic mass is 35.5. The van der Waals surface area contributed by atoms with Gasteiger partial charge < -0.3 is 10.0 Å². The Morgan fingerprint density at radius 3 is 2.64 bits per heavy atom. The molecule has 1 aromatic rings. The molecule has 1 N–H and O–H groups in total. The summed E-state index contributed by atoms with van der Waals surface area (Å²) < 4.78 is 0. The van der Waals surface area contributed by atoms with Crippen molar-refractivity contribution in [3.05, 3.63) is 34.9 Å². The number of hydrogen-bond donors (Lipinski definition) is 1. The van der Waals surface area contributed by atoms with E-state index in [2.05, 4.69) is 17.0 Å². The normalized spacial score (nSPS) is 22.0. The lowest BCUT2D eigenvalue weighted by atomic mass is 9.88. The number of hydrogen-bond acceptors (Lipinski definition) is 2. The third-order valence-electron chi connectivity index (χ3n) is 4.47. The Balaban J connectivity index is 1.78. The molecule has 1 aromatic carbocycles. The molecule has 0 saturated carbocycles. The number of aryl methyl sites for hydroxylation is 1. The number of carbonyl (C=O) groups is 1. The Labute approximate surface area is 139 Å². The minimum Gasteiger partial charge on any atom is -0.481 e. The summed E-state index contributed by atoms with van der Waals surface area (Å²) in [5.74, 6) is -0.652. The van der Waals surface area contributed by atoms with Crippen LogP contribution in [0.3, 0.4) is 0 Å². The second-order valence-corrected chi connectivity index (χ2v) is 6.56. The molecule has 22 heavy (non-hydrogen) atoms. The van der Waals surface area contributed by atoms with Crippen LogP contribution in [0.2, 0.25) is 11.3 Å². The zero-order chi connectivity index (χ0) is 15.9. The van der Waals surface area contributed by atoms with Crippen LogP contribution >= 0.6 is 11.6 Å². The van der Waals surface area contributed by atoms with Crippen LogP contribution in [0, 0.1) is 11.8 Å². The van der Waals surface area contributed by atoms with Crippen LogP contribution in [0.4, 0.5) is 0 Å². The molecule has 2 radical (unpaired) electrons.